The smallest absolute Gasteiger partial charge is 0.138 e. The fraction of sp³-hybridized carbons (Fsp3) is 0.300. The van der Waals surface area contributed by atoms with Gasteiger partial charge in [0.2, 0.25) is 0 Å². The fourth-order valence-corrected chi connectivity index (χ4v) is 1.46. The first-order valence-electron chi connectivity index (χ1n) is 4.79. The quantitative estimate of drug-likeness (QED) is 0.792. The van der Waals surface area contributed by atoms with Crippen LogP contribution < -0.4 is 5.73 Å². The Morgan fingerprint density at radius 3 is 2.87 bits per heavy atom. The highest BCUT2D eigenvalue weighted by molar-refractivity contribution is 5.38. The second-order valence-electron chi connectivity index (χ2n) is 3.35. The number of hydrogen-bond donors (Lipinski definition) is 1. The molecule has 2 rings (SSSR count). The van der Waals surface area contributed by atoms with Crippen LogP contribution in [0.15, 0.2) is 24.7 Å². The average molecular weight is 203 g/mol. The van der Waals surface area contributed by atoms with Gasteiger partial charge in [0, 0.05) is 19.7 Å². The van der Waals surface area contributed by atoms with Crippen LogP contribution in [0.5, 0.6) is 0 Å². The van der Waals surface area contributed by atoms with E-state index in [1.54, 1.807) is 17.2 Å². The molecule has 0 spiro atoms. The maximum atomic E-state index is 5.74. The van der Waals surface area contributed by atoms with Crippen LogP contribution in [0, 0.1) is 0 Å². The summed E-state index contributed by atoms with van der Waals surface area (Å²) in [5.41, 5.74) is 6.80. The van der Waals surface area contributed by atoms with E-state index in [2.05, 4.69) is 15.1 Å². The molecule has 0 bridgehead atoms. The van der Waals surface area contributed by atoms with Gasteiger partial charge in [-0.2, -0.15) is 5.10 Å². The topological polar surface area (TPSA) is 69.6 Å². The lowest BCUT2D eigenvalue weighted by Crippen LogP contribution is -2.04. The van der Waals surface area contributed by atoms with Crippen molar-refractivity contribution in [3.63, 3.8) is 0 Å². The molecule has 2 heterocycles. The number of aryl methyl sites for hydroxylation is 3. The van der Waals surface area contributed by atoms with Crippen molar-refractivity contribution in [2.45, 2.75) is 12.8 Å². The van der Waals surface area contributed by atoms with Gasteiger partial charge in [0.1, 0.15) is 18.0 Å². The molecular formula is C10H13N5. The Balaban J connectivity index is 2.06. The average Bonchev–Trinajstić information content (AvgIpc) is 2.63. The predicted molar refractivity (Wildman–Crippen MR) is 57.1 cm³/mol. The molecule has 5 heteroatoms. The van der Waals surface area contributed by atoms with E-state index >= 15 is 0 Å². The van der Waals surface area contributed by atoms with E-state index in [0.717, 1.165) is 24.2 Å². The van der Waals surface area contributed by atoms with E-state index in [9.17, 15) is 0 Å². The molecule has 15 heavy (non-hydrogen) atoms. The van der Waals surface area contributed by atoms with Crippen molar-refractivity contribution in [1.82, 2.24) is 19.7 Å². The van der Waals surface area contributed by atoms with Crippen LogP contribution in [0.3, 0.4) is 0 Å². The van der Waals surface area contributed by atoms with Crippen molar-refractivity contribution in [3.8, 4) is 0 Å². The first kappa shape index (κ1) is 9.64. The number of anilines is 1. The number of nitrogens with zero attached hydrogens (tertiary/aromatic N) is 4. The van der Waals surface area contributed by atoms with Gasteiger partial charge in [0.15, 0.2) is 0 Å². The molecule has 0 atom stereocenters. The maximum Gasteiger partial charge on any atom is 0.138 e. The molecule has 0 aromatic carbocycles. The minimum Gasteiger partial charge on any atom is -0.383 e. The van der Waals surface area contributed by atoms with E-state index in [1.807, 2.05) is 19.2 Å². The standard InChI is InChI=1S/C10H13N5/c1-15-9(13-7-14-15)5-4-8-3-2-6-12-10(8)11/h2-3,6-7H,4-5H2,1H3,(H2,11,12). The largest absolute Gasteiger partial charge is 0.383 e. The van der Waals surface area contributed by atoms with Crippen molar-refractivity contribution >= 4 is 5.82 Å². The van der Waals surface area contributed by atoms with Gasteiger partial charge in [0.25, 0.3) is 0 Å². The van der Waals surface area contributed by atoms with Gasteiger partial charge < -0.3 is 5.73 Å². The summed E-state index contributed by atoms with van der Waals surface area (Å²) in [6, 6.07) is 3.88. The second-order valence-corrected chi connectivity index (χ2v) is 3.35. The Bertz CT molecular complexity index is 449. The van der Waals surface area contributed by atoms with Crippen LogP contribution in [-0.4, -0.2) is 19.7 Å². The maximum absolute atomic E-state index is 5.74. The summed E-state index contributed by atoms with van der Waals surface area (Å²) in [4.78, 5) is 8.19. The SMILES string of the molecule is Cn1ncnc1CCc1cccnc1N. The zero-order chi connectivity index (χ0) is 10.7. The number of aromatic nitrogens is 4. The summed E-state index contributed by atoms with van der Waals surface area (Å²) in [5.74, 6) is 1.55. The Labute approximate surface area is 88.0 Å². The second kappa shape index (κ2) is 4.08. The summed E-state index contributed by atoms with van der Waals surface area (Å²) >= 11 is 0. The molecule has 2 N–H and O–H groups in total. The zero-order valence-corrected chi connectivity index (χ0v) is 8.59. The molecule has 5 nitrogen and oxygen atoms in total. The molecule has 2 aromatic rings. The van der Waals surface area contributed by atoms with Gasteiger partial charge in [-0.1, -0.05) is 6.07 Å². The van der Waals surface area contributed by atoms with Gasteiger partial charge in [-0.15, -0.1) is 0 Å². The lowest BCUT2D eigenvalue weighted by molar-refractivity contribution is 0.692. The monoisotopic (exact) mass is 203 g/mol. The third kappa shape index (κ3) is 2.12. The normalized spacial score (nSPS) is 10.5. The molecule has 0 radical (unpaired) electrons. The number of rotatable bonds is 3. The lowest BCUT2D eigenvalue weighted by atomic mass is 10.1. The molecule has 0 amide bonds. The minimum atomic E-state index is 0.597. The first-order chi connectivity index (χ1) is 7.27. The molecule has 0 saturated heterocycles. The Morgan fingerprint density at radius 2 is 2.20 bits per heavy atom. The van der Waals surface area contributed by atoms with Crippen LogP contribution in [0.2, 0.25) is 0 Å². The van der Waals surface area contributed by atoms with Crippen LogP contribution in [0.1, 0.15) is 11.4 Å². The fourth-order valence-electron chi connectivity index (χ4n) is 1.46. The van der Waals surface area contributed by atoms with E-state index in [0.29, 0.717) is 5.82 Å². The predicted octanol–water partition coefficient (Wildman–Crippen LogP) is 0.578. The van der Waals surface area contributed by atoms with Gasteiger partial charge in [-0.05, 0) is 18.1 Å². The molecule has 0 aliphatic heterocycles. The van der Waals surface area contributed by atoms with Crippen molar-refractivity contribution < 1.29 is 0 Å². The molecule has 0 aliphatic carbocycles. The highest BCUT2D eigenvalue weighted by Gasteiger charge is 2.03. The van der Waals surface area contributed by atoms with E-state index in [-0.39, 0.29) is 0 Å². The number of nitrogens with two attached hydrogens (primary N) is 1. The Kier molecular flexibility index (Phi) is 2.62. The van der Waals surface area contributed by atoms with Crippen molar-refractivity contribution in [1.29, 1.82) is 0 Å². The van der Waals surface area contributed by atoms with Gasteiger partial charge in [-0.25, -0.2) is 9.97 Å². The Hall–Kier alpha value is -1.91. The van der Waals surface area contributed by atoms with Crippen LogP contribution in [-0.2, 0) is 19.9 Å². The highest BCUT2D eigenvalue weighted by atomic mass is 15.3. The minimum absolute atomic E-state index is 0.597. The van der Waals surface area contributed by atoms with E-state index < -0.39 is 0 Å². The number of hydrogen-bond acceptors (Lipinski definition) is 4. The number of pyridine rings is 1. The van der Waals surface area contributed by atoms with E-state index in [1.165, 1.54) is 0 Å². The van der Waals surface area contributed by atoms with Gasteiger partial charge in [-0.3, -0.25) is 4.68 Å². The third-order valence-electron chi connectivity index (χ3n) is 2.35. The summed E-state index contributed by atoms with van der Waals surface area (Å²) in [5, 5.41) is 4.01. The Morgan fingerprint density at radius 1 is 1.33 bits per heavy atom. The molecular weight excluding hydrogens is 190 g/mol. The zero-order valence-electron chi connectivity index (χ0n) is 8.59. The van der Waals surface area contributed by atoms with Crippen LogP contribution >= 0.6 is 0 Å². The van der Waals surface area contributed by atoms with Gasteiger partial charge in [0.05, 0.1) is 0 Å². The van der Waals surface area contributed by atoms with E-state index in [4.69, 9.17) is 5.73 Å². The molecule has 0 unspecified atom stereocenters. The molecule has 0 aliphatic rings. The molecule has 0 saturated carbocycles. The third-order valence-corrected chi connectivity index (χ3v) is 2.35. The van der Waals surface area contributed by atoms with Crippen LogP contribution in [0.4, 0.5) is 5.82 Å². The van der Waals surface area contributed by atoms with Gasteiger partial charge >= 0.3 is 0 Å². The van der Waals surface area contributed by atoms with Crippen molar-refractivity contribution in [2.75, 3.05) is 5.73 Å². The lowest BCUT2D eigenvalue weighted by Gasteiger charge is -2.03. The van der Waals surface area contributed by atoms with Crippen molar-refractivity contribution in [3.05, 3.63) is 36.0 Å². The summed E-state index contributed by atoms with van der Waals surface area (Å²) in [7, 11) is 1.88. The van der Waals surface area contributed by atoms with Crippen molar-refractivity contribution in [2.24, 2.45) is 7.05 Å². The highest BCUT2D eigenvalue weighted by Crippen LogP contribution is 2.09. The summed E-state index contributed by atoms with van der Waals surface area (Å²) < 4.78 is 1.77. The molecule has 2 aromatic heterocycles. The van der Waals surface area contributed by atoms with Crippen LogP contribution in [0.25, 0.3) is 0 Å². The molecule has 78 valence electrons. The number of nitrogen functional groups attached to an aromatic ring is 1. The first-order valence-corrected chi connectivity index (χ1v) is 4.79. The summed E-state index contributed by atoms with van der Waals surface area (Å²) in [6.07, 6.45) is 4.92. The molecule has 0 fully saturated rings. The summed E-state index contributed by atoms with van der Waals surface area (Å²) in [6.45, 7) is 0.